The Bertz CT molecular complexity index is 559. The molecule has 1 N–H and O–H groups in total. The Hall–Kier alpha value is -1.13. The van der Waals surface area contributed by atoms with Gasteiger partial charge < -0.3 is 4.98 Å². The van der Waals surface area contributed by atoms with Crippen molar-refractivity contribution in [3.63, 3.8) is 0 Å². The van der Waals surface area contributed by atoms with E-state index in [1.807, 2.05) is 6.92 Å². The highest BCUT2D eigenvalue weighted by Gasteiger charge is 2.08. The van der Waals surface area contributed by atoms with Crippen molar-refractivity contribution < 1.29 is 4.39 Å². The SMILES string of the molecule is Cc1c[nH]c(=S)n1-c1ccc(Cl)cc1F. The Kier molecular flexibility index (Phi) is 2.63. The van der Waals surface area contributed by atoms with E-state index in [-0.39, 0.29) is 5.82 Å². The quantitative estimate of drug-likeness (QED) is 0.758. The van der Waals surface area contributed by atoms with Gasteiger partial charge in [0.2, 0.25) is 0 Å². The molecule has 0 spiro atoms. The molecule has 15 heavy (non-hydrogen) atoms. The van der Waals surface area contributed by atoms with Crippen LogP contribution in [0.1, 0.15) is 5.69 Å². The molecule has 1 aromatic carbocycles. The summed E-state index contributed by atoms with van der Waals surface area (Å²) in [5.74, 6) is -0.388. The summed E-state index contributed by atoms with van der Waals surface area (Å²) in [6.07, 6.45) is 1.73. The maximum Gasteiger partial charge on any atom is 0.182 e. The highest BCUT2D eigenvalue weighted by Crippen LogP contribution is 2.19. The second-order valence-electron chi connectivity index (χ2n) is 3.17. The molecular formula is C10H8ClFN2S. The molecule has 2 aromatic rings. The van der Waals surface area contributed by atoms with Gasteiger partial charge in [-0.2, -0.15) is 0 Å². The second kappa shape index (κ2) is 3.79. The predicted molar refractivity (Wildman–Crippen MR) is 60.7 cm³/mol. The van der Waals surface area contributed by atoms with Gasteiger partial charge in [0, 0.05) is 16.9 Å². The second-order valence-corrected chi connectivity index (χ2v) is 3.99. The van der Waals surface area contributed by atoms with E-state index in [0.717, 1.165) is 5.69 Å². The van der Waals surface area contributed by atoms with Crippen LogP contribution in [-0.2, 0) is 0 Å². The maximum atomic E-state index is 13.6. The first-order valence-corrected chi connectivity index (χ1v) is 5.10. The van der Waals surface area contributed by atoms with Crippen LogP contribution in [0.5, 0.6) is 0 Å². The van der Waals surface area contributed by atoms with E-state index in [1.165, 1.54) is 6.07 Å². The molecule has 78 valence electrons. The first kappa shape index (κ1) is 10.4. The molecule has 1 aromatic heterocycles. The van der Waals surface area contributed by atoms with Crippen molar-refractivity contribution in [1.82, 2.24) is 9.55 Å². The zero-order chi connectivity index (χ0) is 11.0. The maximum absolute atomic E-state index is 13.6. The number of imidazole rings is 1. The zero-order valence-electron chi connectivity index (χ0n) is 7.92. The van der Waals surface area contributed by atoms with Gasteiger partial charge in [-0.05, 0) is 37.3 Å². The van der Waals surface area contributed by atoms with Crippen molar-refractivity contribution in [1.29, 1.82) is 0 Å². The Labute approximate surface area is 96.3 Å². The molecule has 0 aliphatic carbocycles. The van der Waals surface area contributed by atoms with Crippen LogP contribution in [0.15, 0.2) is 24.4 Å². The van der Waals surface area contributed by atoms with Gasteiger partial charge in [0.15, 0.2) is 4.77 Å². The van der Waals surface area contributed by atoms with Crippen LogP contribution in [0.4, 0.5) is 4.39 Å². The molecule has 0 aliphatic heterocycles. The number of halogens is 2. The lowest BCUT2D eigenvalue weighted by Gasteiger charge is -2.06. The number of hydrogen-bond donors (Lipinski definition) is 1. The summed E-state index contributed by atoms with van der Waals surface area (Å²) in [5.41, 5.74) is 1.25. The van der Waals surface area contributed by atoms with Crippen molar-refractivity contribution in [2.75, 3.05) is 0 Å². The highest BCUT2D eigenvalue weighted by atomic mass is 35.5. The Morgan fingerprint density at radius 3 is 2.73 bits per heavy atom. The van der Waals surface area contributed by atoms with Crippen LogP contribution < -0.4 is 0 Å². The largest absolute Gasteiger partial charge is 0.337 e. The lowest BCUT2D eigenvalue weighted by Crippen LogP contribution is -1.99. The number of benzene rings is 1. The molecule has 0 aliphatic rings. The smallest absolute Gasteiger partial charge is 0.182 e. The summed E-state index contributed by atoms with van der Waals surface area (Å²) in [6, 6.07) is 4.51. The molecule has 2 rings (SSSR count). The normalized spacial score (nSPS) is 10.6. The van der Waals surface area contributed by atoms with Gasteiger partial charge in [0.05, 0.1) is 5.69 Å². The van der Waals surface area contributed by atoms with E-state index < -0.39 is 0 Å². The molecular weight excluding hydrogens is 235 g/mol. The first-order valence-electron chi connectivity index (χ1n) is 4.32. The number of hydrogen-bond acceptors (Lipinski definition) is 1. The average molecular weight is 243 g/mol. The Morgan fingerprint density at radius 2 is 2.20 bits per heavy atom. The highest BCUT2D eigenvalue weighted by molar-refractivity contribution is 7.71. The van der Waals surface area contributed by atoms with E-state index in [2.05, 4.69) is 4.98 Å². The van der Waals surface area contributed by atoms with Crippen LogP contribution in [0.25, 0.3) is 5.69 Å². The Morgan fingerprint density at radius 1 is 1.47 bits per heavy atom. The van der Waals surface area contributed by atoms with E-state index in [9.17, 15) is 4.39 Å². The number of nitrogens with zero attached hydrogens (tertiary/aromatic N) is 1. The summed E-state index contributed by atoms with van der Waals surface area (Å²) < 4.78 is 15.7. The third-order valence-corrected chi connectivity index (χ3v) is 2.65. The van der Waals surface area contributed by atoms with Gasteiger partial charge in [-0.25, -0.2) is 4.39 Å². The van der Waals surface area contributed by atoms with Crippen LogP contribution in [0.2, 0.25) is 5.02 Å². The van der Waals surface area contributed by atoms with E-state index in [1.54, 1.807) is 22.9 Å². The summed E-state index contributed by atoms with van der Waals surface area (Å²) in [5, 5.41) is 0.371. The minimum absolute atomic E-state index is 0.371. The van der Waals surface area contributed by atoms with E-state index >= 15 is 0 Å². The van der Waals surface area contributed by atoms with Crippen molar-refractivity contribution in [3.8, 4) is 5.69 Å². The third kappa shape index (κ3) is 1.82. The summed E-state index contributed by atoms with van der Waals surface area (Å²) in [7, 11) is 0. The molecule has 0 unspecified atom stereocenters. The van der Waals surface area contributed by atoms with Gasteiger partial charge in [-0.3, -0.25) is 4.57 Å². The monoisotopic (exact) mass is 242 g/mol. The third-order valence-electron chi connectivity index (χ3n) is 2.11. The lowest BCUT2D eigenvalue weighted by molar-refractivity contribution is 0.616. The number of aryl methyl sites for hydroxylation is 1. The predicted octanol–water partition coefficient (Wildman–Crippen LogP) is 3.64. The Balaban J connectivity index is 2.69. The van der Waals surface area contributed by atoms with Gasteiger partial charge in [0.1, 0.15) is 5.82 Å². The molecule has 0 bridgehead atoms. The fourth-order valence-corrected chi connectivity index (χ4v) is 1.88. The molecule has 0 saturated carbocycles. The van der Waals surface area contributed by atoms with Gasteiger partial charge in [0.25, 0.3) is 0 Å². The minimum atomic E-state index is -0.388. The van der Waals surface area contributed by atoms with Crippen molar-refractivity contribution in [2.45, 2.75) is 6.92 Å². The van der Waals surface area contributed by atoms with Crippen LogP contribution in [0, 0.1) is 17.5 Å². The molecule has 2 nitrogen and oxygen atoms in total. The minimum Gasteiger partial charge on any atom is -0.337 e. The van der Waals surface area contributed by atoms with E-state index in [4.69, 9.17) is 23.8 Å². The van der Waals surface area contributed by atoms with Gasteiger partial charge in [-0.1, -0.05) is 11.6 Å². The van der Waals surface area contributed by atoms with Crippen molar-refractivity contribution >= 4 is 23.8 Å². The van der Waals surface area contributed by atoms with Gasteiger partial charge in [-0.15, -0.1) is 0 Å². The van der Waals surface area contributed by atoms with Crippen LogP contribution in [0.3, 0.4) is 0 Å². The van der Waals surface area contributed by atoms with Crippen molar-refractivity contribution in [3.05, 3.63) is 45.7 Å². The number of rotatable bonds is 1. The molecule has 0 radical (unpaired) electrons. The number of aromatic amines is 1. The number of H-pyrrole nitrogens is 1. The summed E-state index contributed by atoms with van der Waals surface area (Å²) >= 11 is 10.7. The molecule has 0 amide bonds. The fraction of sp³-hybridized carbons (Fsp3) is 0.100. The van der Waals surface area contributed by atoms with Crippen molar-refractivity contribution in [2.24, 2.45) is 0 Å². The van der Waals surface area contributed by atoms with Crippen LogP contribution >= 0.6 is 23.8 Å². The average Bonchev–Trinajstić information content (AvgIpc) is 2.48. The fourth-order valence-electron chi connectivity index (χ4n) is 1.42. The van der Waals surface area contributed by atoms with Gasteiger partial charge >= 0.3 is 0 Å². The zero-order valence-corrected chi connectivity index (χ0v) is 9.49. The summed E-state index contributed by atoms with van der Waals surface area (Å²) in [6.45, 7) is 1.85. The molecule has 5 heteroatoms. The topological polar surface area (TPSA) is 20.7 Å². The van der Waals surface area contributed by atoms with Crippen LogP contribution in [-0.4, -0.2) is 9.55 Å². The number of aromatic nitrogens is 2. The summed E-state index contributed by atoms with van der Waals surface area (Å²) in [4.78, 5) is 2.86. The number of nitrogens with one attached hydrogen (secondary N) is 1. The van der Waals surface area contributed by atoms with E-state index in [0.29, 0.717) is 15.5 Å². The molecule has 0 fully saturated rings. The molecule has 1 heterocycles. The first-order chi connectivity index (χ1) is 7.09. The lowest BCUT2D eigenvalue weighted by atomic mass is 10.3. The molecule has 0 saturated heterocycles. The molecule has 0 atom stereocenters. The standard InChI is InChI=1S/C10H8ClFN2S/c1-6-5-13-10(15)14(6)9-3-2-7(11)4-8(9)12/h2-5H,1H3,(H,13,15).